The average molecular weight is 246 g/mol. The van der Waals surface area contributed by atoms with Crippen LogP contribution in [0.2, 0.25) is 0 Å². The Labute approximate surface area is 104 Å². The van der Waals surface area contributed by atoms with Gasteiger partial charge in [0.2, 0.25) is 5.91 Å². The zero-order valence-electron chi connectivity index (χ0n) is 10.8. The maximum absolute atomic E-state index is 12.1. The lowest BCUT2D eigenvalue weighted by atomic mass is 9.90. The van der Waals surface area contributed by atoms with Gasteiger partial charge in [0.15, 0.2) is 0 Å². The molecule has 0 aromatic rings. The molecule has 0 aromatic carbocycles. The molecular formula is C13H24ClNO. The highest BCUT2D eigenvalue weighted by molar-refractivity contribution is 6.30. The van der Waals surface area contributed by atoms with Gasteiger partial charge in [-0.2, -0.15) is 0 Å². The first-order valence-corrected chi connectivity index (χ1v) is 6.77. The van der Waals surface area contributed by atoms with Gasteiger partial charge in [-0.3, -0.25) is 4.79 Å². The third-order valence-electron chi connectivity index (χ3n) is 2.98. The average Bonchev–Trinajstić information content (AvgIpc) is 2.41. The summed E-state index contributed by atoms with van der Waals surface area (Å²) in [4.78, 5) is 14.1. The van der Waals surface area contributed by atoms with E-state index in [2.05, 4.69) is 20.8 Å². The lowest BCUT2D eigenvalue weighted by Gasteiger charge is -2.27. The van der Waals surface area contributed by atoms with Crippen LogP contribution in [0.5, 0.6) is 0 Å². The van der Waals surface area contributed by atoms with Crippen LogP contribution in [0.3, 0.4) is 0 Å². The number of hydrogen-bond acceptors (Lipinski definition) is 1. The molecule has 0 bridgehead atoms. The Balaban J connectivity index is 2.48. The molecule has 0 aromatic heterocycles. The first-order valence-electron chi connectivity index (χ1n) is 6.33. The molecule has 0 saturated carbocycles. The molecular weight excluding hydrogens is 222 g/mol. The van der Waals surface area contributed by atoms with Gasteiger partial charge >= 0.3 is 0 Å². The summed E-state index contributed by atoms with van der Waals surface area (Å²) in [6, 6.07) is 0. The Bertz CT molecular complexity index is 227. The first kappa shape index (κ1) is 13.8. The molecule has 3 heteroatoms. The van der Waals surface area contributed by atoms with Crippen molar-refractivity contribution in [2.45, 2.75) is 58.3 Å². The summed E-state index contributed by atoms with van der Waals surface area (Å²) in [5.74, 6) is 0.137. The van der Waals surface area contributed by atoms with Crippen molar-refractivity contribution in [1.82, 2.24) is 4.90 Å². The third kappa shape index (κ3) is 4.73. The quantitative estimate of drug-likeness (QED) is 0.683. The van der Waals surface area contributed by atoms with Crippen LogP contribution in [-0.4, -0.2) is 29.3 Å². The number of rotatable bonds is 2. The van der Waals surface area contributed by atoms with E-state index in [1.165, 1.54) is 12.8 Å². The van der Waals surface area contributed by atoms with Gasteiger partial charge in [-0.15, -0.1) is 11.6 Å². The predicted octanol–water partition coefficient (Wildman–Crippen LogP) is 3.43. The van der Waals surface area contributed by atoms with Gasteiger partial charge in [0.05, 0.1) is 0 Å². The van der Waals surface area contributed by atoms with Crippen molar-refractivity contribution in [2.24, 2.45) is 5.41 Å². The summed E-state index contributed by atoms with van der Waals surface area (Å²) in [5, 5.41) is -0.349. The monoisotopic (exact) mass is 245 g/mol. The van der Waals surface area contributed by atoms with Crippen LogP contribution < -0.4 is 0 Å². The largest absolute Gasteiger partial charge is 0.341 e. The van der Waals surface area contributed by atoms with E-state index in [0.717, 1.165) is 32.4 Å². The van der Waals surface area contributed by atoms with Crippen molar-refractivity contribution in [3.8, 4) is 0 Å². The minimum atomic E-state index is -0.349. The summed E-state index contributed by atoms with van der Waals surface area (Å²) in [6.45, 7) is 8.16. The first-order chi connectivity index (χ1) is 7.40. The molecule has 94 valence electrons. The molecule has 2 nitrogen and oxygen atoms in total. The molecule has 1 heterocycles. The van der Waals surface area contributed by atoms with E-state index < -0.39 is 0 Å². The Kier molecular flexibility index (Phi) is 5.10. The van der Waals surface area contributed by atoms with Crippen molar-refractivity contribution >= 4 is 17.5 Å². The van der Waals surface area contributed by atoms with Crippen LogP contribution in [0.4, 0.5) is 0 Å². The molecule has 1 aliphatic rings. The second-order valence-corrected chi connectivity index (χ2v) is 6.50. The summed E-state index contributed by atoms with van der Waals surface area (Å²) in [7, 11) is 0. The normalized spacial score (nSPS) is 20.4. The highest BCUT2D eigenvalue weighted by Crippen LogP contribution is 2.25. The van der Waals surface area contributed by atoms with Crippen LogP contribution in [0.15, 0.2) is 0 Å². The SMILES string of the molecule is CC(C)(C)CC(Cl)C(=O)N1CCCCCC1. The maximum Gasteiger partial charge on any atom is 0.240 e. The Hall–Kier alpha value is -0.240. The van der Waals surface area contributed by atoms with E-state index in [1.54, 1.807) is 0 Å². The van der Waals surface area contributed by atoms with Crippen molar-refractivity contribution in [2.75, 3.05) is 13.1 Å². The number of nitrogens with zero attached hydrogens (tertiary/aromatic N) is 1. The molecule has 1 aliphatic heterocycles. The van der Waals surface area contributed by atoms with Crippen molar-refractivity contribution in [3.05, 3.63) is 0 Å². The molecule has 0 spiro atoms. The molecule has 1 fully saturated rings. The minimum Gasteiger partial charge on any atom is -0.341 e. The smallest absolute Gasteiger partial charge is 0.240 e. The van der Waals surface area contributed by atoms with Gasteiger partial charge in [-0.05, 0) is 24.7 Å². The second-order valence-electron chi connectivity index (χ2n) is 5.97. The van der Waals surface area contributed by atoms with Gasteiger partial charge in [0, 0.05) is 13.1 Å². The van der Waals surface area contributed by atoms with Crippen molar-refractivity contribution in [3.63, 3.8) is 0 Å². The van der Waals surface area contributed by atoms with E-state index in [-0.39, 0.29) is 16.7 Å². The fraction of sp³-hybridized carbons (Fsp3) is 0.923. The number of halogens is 1. The lowest BCUT2D eigenvalue weighted by Crippen LogP contribution is -2.38. The van der Waals surface area contributed by atoms with Crippen LogP contribution in [0.25, 0.3) is 0 Å². The topological polar surface area (TPSA) is 20.3 Å². The van der Waals surface area contributed by atoms with Gasteiger partial charge in [-0.25, -0.2) is 0 Å². The number of likely N-dealkylation sites (tertiary alicyclic amines) is 1. The van der Waals surface area contributed by atoms with Crippen molar-refractivity contribution in [1.29, 1.82) is 0 Å². The van der Waals surface area contributed by atoms with Crippen LogP contribution >= 0.6 is 11.6 Å². The molecule has 1 saturated heterocycles. The van der Waals surface area contributed by atoms with Gasteiger partial charge in [-0.1, -0.05) is 33.6 Å². The molecule has 0 N–H and O–H groups in total. The summed E-state index contributed by atoms with van der Waals surface area (Å²) < 4.78 is 0. The number of hydrogen-bond donors (Lipinski definition) is 0. The molecule has 0 radical (unpaired) electrons. The zero-order chi connectivity index (χ0) is 12.2. The predicted molar refractivity (Wildman–Crippen MR) is 68.8 cm³/mol. The van der Waals surface area contributed by atoms with Gasteiger partial charge < -0.3 is 4.90 Å². The van der Waals surface area contributed by atoms with Crippen LogP contribution in [0, 0.1) is 5.41 Å². The Morgan fingerprint density at radius 3 is 2.12 bits per heavy atom. The van der Waals surface area contributed by atoms with Gasteiger partial charge in [0.1, 0.15) is 5.38 Å². The van der Waals surface area contributed by atoms with Crippen LogP contribution in [0.1, 0.15) is 52.9 Å². The minimum absolute atomic E-state index is 0.119. The second kappa shape index (κ2) is 5.90. The molecule has 1 rings (SSSR count). The standard InChI is InChI=1S/C13H24ClNO/c1-13(2,3)10-11(14)12(16)15-8-6-4-5-7-9-15/h11H,4-10H2,1-3H3. The van der Waals surface area contributed by atoms with E-state index >= 15 is 0 Å². The van der Waals surface area contributed by atoms with E-state index in [4.69, 9.17) is 11.6 Å². The lowest BCUT2D eigenvalue weighted by molar-refractivity contribution is -0.131. The summed E-state index contributed by atoms with van der Waals surface area (Å²) in [6.07, 6.45) is 5.51. The fourth-order valence-electron chi connectivity index (χ4n) is 2.11. The fourth-order valence-corrected chi connectivity index (χ4v) is 2.72. The third-order valence-corrected chi connectivity index (χ3v) is 3.32. The molecule has 1 amide bonds. The highest BCUT2D eigenvalue weighted by Gasteiger charge is 2.27. The molecule has 1 atom stereocenters. The molecule has 16 heavy (non-hydrogen) atoms. The van der Waals surface area contributed by atoms with E-state index in [9.17, 15) is 4.79 Å². The molecule has 0 aliphatic carbocycles. The Morgan fingerprint density at radius 2 is 1.69 bits per heavy atom. The number of carbonyl (C=O) groups excluding carboxylic acids is 1. The number of alkyl halides is 1. The summed E-state index contributed by atoms with van der Waals surface area (Å²) in [5.41, 5.74) is 0.119. The Morgan fingerprint density at radius 1 is 1.19 bits per heavy atom. The zero-order valence-corrected chi connectivity index (χ0v) is 11.5. The molecule has 1 unspecified atom stereocenters. The maximum atomic E-state index is 12.1. The van der Waals surface area contributed by atoms with Crippen LogP contribution in [-0.2, 0) is 4.79 Å². The highest BCUT2D eigenvalue weighted by atomic mass is 35.5. The van der Waals surface area contributed by atoms with Crippen molar-refractivity contribution < 1.29 is 4.79 Å². The van der Waals surface area contributed by atoms with E-state index in [0.29, 0.717) is 0 Å². The summed E-state index contributed by atoms with van der Waals surface area (Å²) >= 11 is 6.21. The number of carbonyl (C=O) groups is 1. The number of amides is 1. The van der Waals surface area contributed by atoms with Gasteiger partial charge in [0.25, 0.3) is 0 Å². The van der Waals surface area contributed by atoms with E-state index in [1.807, 2.05) is 4.90 Å².